The molecule has 4 aromatic heterocycles. The van der Waals surface area contributed by atoms with Crippen LogP contribution in [0.3, 0.4) is 0 Å². The predicted molar refractivity (Wildman–Crippen MR) is 266 cm³/mol. The third-order valence-corrected chi connectivity index (χ3v) is 13.6. The van der Waals surface area contributed by atoms with Crippen molar-refractivity contribution >= 4 is 55.1 Å². The summed E-state index contributed by atoms with van der Waals surface area (Å²) < 4.78 is 59.5. The first-order valence-corrected chi connectivity index (χ1v) is 27.1. The molecule has 18 nitrogen and oxygen atoms in total. The molecule has 0 spiro atoms. The first kappa shape index (κ1) is 51.9. The lowest BCUT2D eigenvalue weighted by Crippen LogP contribution is -2.41. The van der Waals surface area contributed by atoms with Crippen LogP contribution in [0.25, 0.3) is 45.0 Å². The summed E-state index contributed by atoms with van der Waals surface area (Å²) in [6.07, 6.45) is 7.16. The quantitative estimate of drug-likeness (QED) is 0.135. The van der Waals surface area contributed by atoms with E-state index in [4.69, 9.17) is 32.7 Å². The Morgan fingerprint density at radius 2 is 0.900 bits per heavy atom. The van der Waals surface area contributed by atoms with Crippen LogP contribution in [0.4, 0.5) is 9.59 Å². The maximum absolute atomic E-state index is 12.5. The fourth-order valence-electron chi connectivity index (χ4n) is 8.13. The highest BCUT2D eigenvalue weighted by Crippen LogP contribution is 2.41. The van der Waals surface area contributed by atoms with Crippen molar-refractivity contribution in [2.75, 3.05) is 38.7 Å². The Kier molecular flexibility index (Phi) is 15.4. The summed E-state index contributed by atoms with van der Waals surface area (Å²) in [5.41, 5.74) is 5.86. The van der Waals surface area contributed by atoms with Crippen molar-refractivity contribution in [2.45, 2.75) is 101 Å². The molecule has 2 aliphatic heterocycles. The zero-order chi connectivity index (χ0) is 50.8. The fourth-order valence-corrected chi connectivity index (χ4v) is 9.41. The molecule has 2 aromatic carbocycles. The predicted octanol–water partition coefficient (Wildman–Crippen LogP) is 9.41. The van der Waals surface area contributed by atoms with E-state index >= 15 is 0 Å². The minimum Gasteiger partial charge on any atom is -0.444 e. The lowest BCUT2D eigenvalue weighted by Gasteiger charge is -2.33. The molecular weight excluding hydrogens is 980 g/mol. The van der Waals surface area contributed by atoms with E-state index < -0.39 is 30.9 Å². The van der Waals surface area contributed by atoms with E-state index in [0.717, 1.165) is 46.2 Å². The third kappa shape index (κ3) is 12.9. The van der Waals surface area contributed by atoms with Gasteiger partial charge in [0.2, 0.25) is 30.0 Å². The number of benzene rings is 2. The van der Waals surface area contributed by atoms with E-state index in [-0.39, 0.29) is 34.3 Å². The van der Waals surface area contributed by atoms with E-state index in [2.05, 4.69) is 40.3 Å². The normalized spacial score (nSPS) is 15.3. The zero-order valence-electron chi connectivity index (χ0n) is 40.2. The SMILES string of the molecule is CC(C)(C)OC(=O)N1CCC(c2[nH]nc(-c3ccc(Cl)cc3)c2-c2ccnc(S(C)(=O)=O)n2)CC1.CC(C)(C)OC(=O)N1CCC(c2[nH]nc(-c3ccc(Cl)cc3)c2-c2ccnc(S(C)(=O)=O)n2)CC1. The van der Waals surface area contributed by atoms with Gasteiger partial charge in [0, 0.05) is 107 Å². The molecular formula is C48H56Cl2N10O8S2. The number of aromatic nitrogens is 8. The maximum Gasteiger partial charge on any atom is 0.410 e. The van der Waals surface area contributed by atoms with Crippen molar-refractivity contribution in [3.63, 3.8) is 0 Å². The lowest BCUT2D eigenvalue weighted by atomic mass is 9.89. The summed E-state index contributed by atoms with van der Waals surface area (Å²) in [7, 11) is -7.19. The Balaban J connectivity index is 0.000000206. The number of likely N-dealkylation sites (tertiary alicyclic amines) is 2. The number of carbonyl (C=O) groups excluding carboxylic acids is 2. The largest absolute Gasteiger partial charge is 0.444 e. The van der Waals surface area contributed by atoms with Gasteiger partial charge in [-0.15, -0.1) is 0 Å². The molecule has 6 heterocycles. The van der Waals surface area contributed by atoms with Crippen molar-refractivity contribution in [3.05, 3.63) is 94.5 Å². The summed E-state index contributed by atoms with van der Waals surface area (Å²) in [6.45, 7) is 13.2. The number of rotatable bonds is 8. The van der Waals surface area contributed by atoms with Crippen LogP contribution in [-0.2, 0) is 29.1 Å². The van der Waals surface area contributed by atoms with E-state index in [1.54, 1.807) is 46.2 Å². The summed E-state index contributed by atoms with van der Waals surface area (Å²) in [5, 5.41) is 16.2. The van der Waals surface area contributed by atoms with Gasteiger partial charge in [-0.05, 0) is 104 Å². The average molecular weight is 1040 g/mol. The summed E-state index contributed by atoms with van der Waals surface area (Å²) >= 11 is 12.2. The molecule has 0 atom stereocenters. The van der Waals surface area contributed by atoms with Gasteiger partial charge in [0.05, 0.1) is 11.4 Å². The van der Waals surface area contributed by atoms with Gasteiger partial charge in [0.25, 0.3) is 0 Å². The Morgan fingerprint density at radius 3 is 1.20 bits per heavy atom. The molecule has 2 N–H and O–H groups in total. The highest BCUT2D eigenvalue weighted by molar-refractivity contribution is 7.90. The van der Waals surface area contributed by atoms with Gasteiger partial charge in [-0.25, -0.2) is 46.4 Å². The van der Waals surface area contributed by atoms with Crippen LogP contribution in [0.5, 0.6) is 0 Å². The number of piperidine rings is 2. The minimum absolute atomic E-state index is 0.0638. The molecule has 8 rings (SSSR count). The van der Waals surface area contributed by atoms with Gasteiger partial charge >= 0.3 is 12.2 Å². The fraction of sp³-hybridized carbons (Fsp3) is 0.417. The number of amides is 2. The van der Waals surface area contributed by atoms with Crippen molar-refractivity contribution in [2.24, 2.45) is 0 Å². The highest BCUT2D eigenvalue weighted by atomic mass is 35.5. The van der Waals surface area contributed by atoms with Crippen molar-refractivity contribution in [3.8, 4) is 45.0 Å². The van der Waals surface area contributed by atoms with Crippen LogP contribution in [-0.4, -0.2) is 129 Å². The molecule has 0 aliphatic carbocycles. The van der Waals surface area contributed by atoms with Gasteiger partial charge in [-0.3, -0.25) is 10.2 Å². The molecule has 2 fully saturated rings. The van der Waals surface area contributed by atoms with E-state index in [0.29, 0.717) is 84.7 Å². The number of nitrogens with one attached hydrogen (secondary N) is 2. The number of hydrogen-bond donors (Lipinski definition) is 2. The number of sulfone groups is 2. The Bertz CT molecular complexity index is 2860. The molecule has 0 unspecified atom stereocenters. The number of nitrogens with zero attached hydrogens (tertiary/aromatic N) is 8. The Labute approximate surface area is 417 Å². The van der Waals surface area contributed by atoms with Gasteiger partial charge in [0.1, 0.15) is 22.6 Å². The molecule has 372 valence electrons. The van der Waals surface area contributed by atoms with Crippen LogP contribution in [0.1, 0.15) is 90.4 Å². The minimum atomic E-state index is -3.60. The topological polar surface area (TPSA) is 236 Å². The van der Waals surface area contributed by atoms with Crippen molar-refractivity contribution in [1.82, 2.24) is 50.1 Å². The zero-order valence-corrected chi connectivity index (χ0v) is 43.3. The van der Waals surface area contributed by atoms with Crippen molar-refractivity contribution in [1.29, 1.82) is 0 Å². The first-order valence-electron chi connectivity index (χ1n) is 22.6. The average Bonchev–Trinajstić information content (AvgIpc) is 3.95. The van der Waals surface area contributed by atoms with Crippen molar-refractivity contribution < 1.29 is 35.9 Å². The smallest absolute Gasteiger partial charge is 0.410 e. The number of halogens is 2. The molecule has 0 saturated carbocycles. The second kappa shape index (κ2) is 20.8. The van der Waals surface area contributed by atoms with Crippen LogP contribution in [0.2, 0.25) is 10.0 Å². The van der Waals surface area contributed by atoms with Crippen LogP contribution in [0, 0.1) is 0 Å². The van der Waals surface area contributed by atoms with Gasteiger partial charge < -0.3 is 19.3 Å². The number of H-pyrrole nitrogens is 2. The van der Waals surface area contributed by atoms with Gasteiger partial charge in [-0.1, -0.05) is 47.5 Å². The summed E-state index contributed by atoms with van der Waals surface area (Å²) in [6, 6.07) is 17.9. The van der Waals surface area contributed by atoms with Gasteiger partial charge in [0.15, 0.2) is 0 Å². The molecule has 70 heavy (non-hydrogen) atoms. The van der Waals surface area contributed by atoms with E-state index in [1.807, 2.05) is 65.8 Å². The Morgan fingerprint density at radius 1 is 0.571 bits per heavy atom. The molecule has 0 radical (unpaired) electrons. The molecule has 0 bridgehead atoms. The number of aromatic amines is 2. The number of ether oxygens (including phenoxy) is 2. The second-order valence-electron chi connectivity index (χ2n) is 19.2. The van der Waals surface area contributed by atoms with Gasteiger partial charge in [-0.2, -0.15) is 10.2 Å². The van der Waals surface area contributed by atoms with E-state index in [9.17, 15) is 26.4 Å². The summed E-state index contributed by atoms with van der Waals surface area (Å²) in [4.78, 5) is 45.0. The van der Waals surface area contributed by atoms with Crippen LogP contribution in [0.15, 0.2) is 83.4 Å². The lowest BCUT2D eigenvalue weighted by molar-refractivity contribution is 0.0193. The molecule has 2 saturated heterocycles. The van der Waals surface area contributed by atoms with Crippen LogP contribution < -0.4 is 0 Å². The monoisotopic (exact) mass is 1030 g/mol. The molecule has 6 aromatic rings. The Hall–Kier alpha value is -5.96. The molecule has 2 amide bonds. The first-order chi connectivity index (χ1) is 32.8. The second-order valence-corrected chi connectivity index (χ2v) is 23.9. The molecule has 22 heteroatoms. The van der Waals surface area contributed by atoms with E-state index in [1.165, 1.54) is 12.4 Å². The summed E-state index contributed by atoms with van der Waals surface area (Å²) in [5.74, 6) is 0.128. The molecule has 2 aliphatic rings. The highest BCUT2D eigenvalue weighted by Gasteiger charge is 2.33. The third-order valence-electron chi connectivity index (χ3n) is 11.4. The standard InChI is InChI=1S/2C24H28ClN5O4S/c2*1-24(2,3)34-23(31)30-13-10-16(11-14-30)21-19(18-9-12-26-22(27-18)35(4,32)33)20(28-29-21)15-5-7-17(25)8-6-15/h2*5-9,12,16H,10-11,13-14H2,1-4H3,(H,28,29). The van der Waals surface area contributed by atoms with Crippen LogP contribution >= 0.6 is 23.2 Å². The number of hydrogen-bond acceptors (Lipinski definition) is 14. The number of carbonyl (C=O) groups is 2. The maximum atomic E-state index is 12.5.